The highest BCUT2D eigenvalue weighted by atomic mass is 19.3. The first-order chi connectivity index (χ1) is 18.7. The van der Waals surface area contributed by atoms with Crippen LogP contribution in [0, 0.1) is 11.3 Å². The molecule has 0 saturated carbocycles. The zero-order valence-electron chi connectivity index (χ0n) is 21.1. The molecule has 0 saturated heterocycles. The van der Waals surface area contributed by atoms with Crippen LogP contribution in [0.4, 0.5) is 20.2 Å². The fourth-order valence-corrected chi connectivity index (χ4v) is 4.59. The zero-order chi connectivity index (χ0) is 27.7. The van der Waals surface area contributed by atoms with E-state index in [1.54, 1.807) is 30.3 Å². The van der Waals surface area contributed by atoms with E-state index in [0.717, 1.165) is 0 Å². The van der Waals surface area contributed by atoms with E-state index in [1.807, 2.05) is 13.0 Å². The van der Waals surface area contributed by atoms with Gasteiger partial charge in [0.15, 0.2) is 0 Å². The summed E-state index contributed by atoms with van der Waals surface area (Å²) in [6, 6.07) is 19.4. The lowest BCUT2D eigenvalue weighted by atomic mass is 10.00. The highest BCUT2D eigenvalue weighted by Gasteiger charge is 2.37. The van der Waals surface area contributed by atoms with Crippen LogP contribution in [-0.2, 0) is 5.92 Å². The van der Waals surface area contributed by atoms with Gasteiger partial charge in [-0.1, -0.05) is 42.5 Å². The van der Waals surface area contributed by atoms with Crippen molar-refractivity contribution in [2.45, 2.75) is 18.9 Å². The molecule has 2 amide bonds. The van der Waals surface area contributed by atoms with Crippen molar-refractivity contribution < 1.29 is 23.1 Å². The van der Waals surface area contributed by atoms with Gasteiger partial charge in [-0.15, -0.1) is 0 Å². The van der Waals surface area contributed by atoms with Crippen molar-refractivity contribution in [1.82, 2.24) is 9.78 Å². The van der Waals surface area contributed by atoms with Gasteiger partial charge in [0.2, 0.25) is 0 Å². The molecule has 4 aromatic rings. The van der Waals surface area contributed by atoms with Gasteiger partial charge >= 0.3 is 0 Å². The van der Waals surface area contributed by atoms with E-state index >= 15 is 8.78 Å². The fraction of sp³-hybridized carbons (Fsp3) is 0.172. The number of carbonyl (C=O) groups excluding carboxylic acids is 2. The standard InChI is InChI=1S/C29H23F2N5O3/c1-18-17-35(23-11-8-21(9-12-23)29(30,31)20-6-4-3-5-7-20)28(38)26-24(16-33-36(18)26)27(37)34-22-10-13-25(39-2)19(14-22)15-32/h3-14,16,18H,17H2,1-2H3,(H,34,37)/t18-/m1/s1. The largest absolute Gasteiger partial charge is 0.495 e. The van der Waals surface area contributed by atoms with Gasteiger partial charge in [-0.3, -0.25) is 14.3 Å². The van der Waals surface area contributed by atoms with Crippen LogP contribution < -0.4 is 15.0 Å². The van der Waals surface area contributed by atoms with Crippen molar-refractivity contribution in [3.63, 3.8) is 0 Å². The normalized spacial score (nSPS) is 14.9. The summed E-state index contributed by atoms with van der Waals surface area (Å²) in [5, 5.41) is 16.3. The number of hydrogen-bond acceptors (Lipinski definition) is 5. The molecule has 0 bridgehead atoms. The molecule has 10 heteroatoms. The average molecular weight is 528 g/mol. The van der Waals surface area contributed by atoms with Gasteiger partial charge in [-0.2, -0.15) is 19.1 Å². The predicted molar refractivity (Wildman–Crippen MR) is 140 cm³/mol. The third kappa shape index (κ3) is 4.59. The summed E-state index contributed by atoms with van der Waals surface area (Å²) in [4.78, 5) is 28.2. The number of carbonyl (C=O) groups is 2. The van der Waals surface area contributed by atoms with Crippen molar-refractivity contribution in [3.05, 3.63) is 107 Å². The Bertz CT molecular complexity index is 1590. The van der Waals surface area contributed by atoms with Crippen molar-refractivity contribution in [1.29, 1.82) is 5.26 Å². The summed E-state index contributed by atoms with van der Waals surface area (Å²) >= 11 is 0. The van der Waals surface area contributed by atoms with Crippen LogP contribution in [0.3, 0.4) is 0 Å². The number of rotatable bonds is 6. The molecule has 1 atom stereocenters. The number of aromatic nitrogens is 2. The molecular weight excluding hydrogens is 504 g/mol. The van der Waals surface area contributed by atoms with Crippen LogP contribution in [0.5, 0.6) is 5.75 Å². The summed E-state index contributed by atoms with van der Waals surface area (Å²) in [7, 11) is 1.44. The first-order valence-corrected chi connectivity index (χ1v) is 12.1. The molecule has 196 valence electrons. The summed E-state index contributed by atoms with van der Waals surface area (Å²) in [5.74, 6) is -3.89. The van der Waals surface area contributed by atoms with Gasteiger partial charge < -0.3 is 15.0 Å². The third-order valence-electron chi connectivity index (χ3n) is 6.61. The molecule has 0 radical (unpaired) electrons. The number of amides is 2. The lowest BCUT2D eigenvalue weighted by Gasteiger charge is -2.32. The molecule has 0 fully saturated rings. The Hall–Kier alpha value is -5.04. The number of benzene rings is 3. The maximum Gasteiger partial charge on any atom is 0.298 e. The van der Waals surface area contributed by atoms with E-state index in [4.69, 9.17) is 4.74 Å². The summed E-state index contributed by atoms with van der Waals surface area (Å²) < 4.78 is 36.6. The highest BCUT2D eigenvalue weighted by molar-refractivity contribution is 6.15. The molecule has 0 aliphatic carbocycles. The number of methoxy groups -OCH3 is 1. The van der Waals surface area contributed by atoms with E-state index in [-0.39, 0.29) is 40.5 Å². The van der Waals surface area contributed by atoms with E-state index in [2.05, 4.69) is 10.4 Å². The lowest BCUT2D eigenvalue weighted by Crippen LogP contribution is -2.43. The Balaban J connectivity index is 1.41. The first kappa shape index (κ1) is 25.6. The van der Waals surface area contributed by atoms with Crippen molar-refractivity contribution in [2.75, 3.05) is 23.9 Å². The number of anilines is 2. The van der Waals surface area contributed by atoms with E-state index in [0.29, 0.717) is 17.1 Å². The molecule has 1 aliphatic rings. The van der Waals surface area contributed by atoms with Gasteiger partial charge in [0.05, 0.1) is 30.5 Å². The van der Waals surface area contributed by atoms with Crippen LogP contribution in [0.1, 0.15) is 50.5 Å². The molecule has 0 spiro atoms. The van der Waals surface area contributed by atoms with Crippen LogP contribution in [-0.4, -0.2) is 35.2 Å². The number of ether oxygens (including phenoxy) is 1. The predicted octanol–water partition coefficient (Wildman–Crippen LogP) is 5.38. The van der Waals surface area contributed by atoms with Crippen molar-refractivity contribution >= 4 is 23.2 Å². The summed E-state index contributed by atoms with van der Waals surface area (Å²) in [5.41, 5.74) is 0.823. The maximum absolute atomic E-state index is 15.0. The van der Waals surface area contributed by atoms with Gasteiger partial charge in [0, 0.05) is 29.0 Å². The molecular formula is C29H23F2N5O3. The molecule has 8 nitrogen and oxygen atoms in total. The van der Waals surface area contributed by atoms with Crippen LogP contribution in [0.15, 0.2) is 79.0 Å². The van der Waals surface area contributed by atoms with Gasteiger partial charge in [-0.05, 0) is 37.3 Å². The second-order valence-electron chi connectivity index (χ2n) is 9.08. The molecule has 39 heavy (non-hydrogen) atoms. The van der Waals surface area contributed by atoms with Crippen LogP contribution in [0.25, 0.3) is 0 Å². The van der Waals surface area contributed by atoms with E-state index in [9.17, 15) is 14.9 Å². The number of halogens is 2. The highest BCUT2D eigenvalue weighted by Crippen LogP contribution is 2.37. The molecule has 3 aromatic carbocycles. The van der Waals surface area contributed by atoms with Crippen molar-refractivity contribution in [2.24, 2.45) is 0 Å². The second kappa shape index (κ2) is 10.0. The second-order valence-corrected chi connectivity index (χ2v) is 9.08. The first-order valence-electron chi connectivity index (χ1n) is 12.1. The van der Waals surface area contributed by atoms with Crippen LogP contribution >= 0.6 is 0 Å². The fourth-order valence-electron chi connectivity index (χ4n) is 4.59. The Kier molecular flexibility index (Phi) is 6.58. The minimum atomic E-state index is -3.20. The van der Waals surface area contributed by atoms with Gasteiger partial charge in [0.25, 0.3) is 17.7 Å². The Morgan fingerprint density at radius 2 is 1.79 bits per heavy atom. The molecule has 1 aliphatic heterocycles. The monoisotopic (exact) mass is 527 g/mol. The van der Waals surface area contributed by atoms with E-state index in [1.165, 1.54) is 65.4 Å². The maximum atomic E-state index is 15.0. The van der Waals surface area contributed by atoms with Gasteiger partial charge in [0.1, 0.15) is 17.5 Å². The van der Waals surface area contributed by atoms with E-state index < -0.39 is 17.7 Å². The molecule has 1 N–H and O–H groups in total. The topological polar surface area (TPSA) is 100 Å². The van der Waals surface area contributed by atoms with Crippen LogP contribution in [0.2, 0.25) is 0 Å². The third-order valence-corrected chi connectivity index (χ3v) is 6.61. The molecule has 5 rings (SSSR count). The number of alkyl halides is 2. The molecule has 0 unspecified atom stereocenters. The zero-order valence-corrected chi connectivity index (χ0v) is 21.1. The molecule has 1 aromatic heterocycles. The molecule has 2 heterocycles. The summed E-state index contributed by atoms with van der Waals surface area (Å²) in [6.07, 6.45) is 1.32. The Morgan fingerprint density at radius 3 is 2.46 bits per heavy atom. The van der Waals surface area contributed by atoms with Crippen molar-refractivity contribution in [3.8, 4) is 11.8 Å². The number of nitriles is 1. The minimum absolute atomic E-state index is 0.0538. The summed E-state index contributed by atoms with van der Waals surface area (Å²) in [6.45, 7) is 2.09. The lowest BCUT2D eigenvalue weighted by molar-refractivity contribution is 0.0428. The van der Waals surface area contributed by atoms with Gasteiger partial charge in [-0.25, -0.2) is 0 Å². The Labute approximate surface area is 223 Å². The number of fused-ring (bicyclic) bond motifs is 1. The number of hydrogen-bond donors (Lipinski definition) is 1. The SMILES string of the molecule is COc1ccc(NC(=O)c2cnn3c2C(=O)N(c2ccc(C(F)(F)c4ccccc4)cc2)C[C@H]3C)cc1C#N. The quantitative estimate of drug-likeness (QED) is 0.363. The average Bonchev–Trinajstić information content (AvgIpc) is 3.42. The number of nitrogens with zero attached hydrogens (tertiary/aromatic N) is 4. The smallest absolute Gasteiger partial charge is 0.298 e. The minimum Gasteiger partial charge on any atom is -0.495 e. The Morgan fingerprint density at radius 1 is 1.10 bits per heavy atom. The number of nitrogens with one attached hydrogen (secondary N) is 1.